The van der Waals surface area contributed by atoms with Gasteiger partial charge in [0, 0.05) is 18.8 Å². The first kappa shape index (κ1) is 21.3. The molecule has 0 N–H and O–H groups in total. The number of hydrogen-bond donors (Lipinski definition) is 0. The molecule has 0 fully saturated rings. The molecule has 0 aromatic heterocycles. The molecular weight excluding hydrogens is 296 g/mol. The van der Waals surface area contributed by atoms with Crippen molar-refractivity contribution in [3.8, 4) is 0 Å². The van der Waals surface area contributed by atoms with Crippen molar-refractivity contribution in [2.45, 2.75) is 71.9 Å². The Hall–Kier alpha value is -0.653. The first-order chi connectivity index (χ1) is 10.4. The summed E-state index contributed by atoms with van der Waals surface area (Å²) in [6, 6.07) is 1.07. The van der Waals surface area contributed by atoms with E-state index in [1.807, 2.05) is 13.8 Å². The van der Waals surface area contributed by atoms with Gasteiger partial charge in [-0.05, 0) is 39.8 Å². The summed E-state index contributed by atoms with van der Waals surface area (Å²) in [5.41, 5.74) is 0.468. The van der Waals surface area contributed by atoms with Crippen LogP contribution >= 0.6 is 0 Å². The third-order valence-corrected chi connectivity index (χ3v) is 6.57. The summed E-state index contributed by atoms with van der Waals surface area (Å²) in [4.78, 5) is 11.2. The molecule has 0 aliphatic heterocycles. The van der Waals surface area contributed by atoms with Crippen LogP contribution in [0.2, 0.25) is 12.6 Å². The van der Waals surface area contributed by atoms with Crippen molar-refractivity contribution in [2.24, 2.45) is 0 Å². The van der Waals surface area contributed by atoms with Gasteiger partial charge < -0.3 is 13.6 Å². The van der Waals surface area contributed by atoms with Crippen molar-refractivity contribution < 1.29 is 18.4 Å². The summed E-state index contributed by atoms with van der Waals surface area (Å²) < 4.78 is 16.7. The smallest absolute Gasteiger partial charge is 0.334 e. The molecule has 0 bridgehead atoms. The molecule has 0 amide bonds. The molecule has 0 heterocycles. The van der Waals surface area contributed by atoms with E-state index in [9.17, 15) is 4.79 Å². The molecular formula is C17H34O4Si. The third-order valence-electron chi connectivity index (χ3n) is 3.51. The molecule has 5 heteroatoms. The number of carbonyl (C=O) groups excluding carboxylic acids is 1. The number of esters is 1. The number of rotatable bonds is 14. The Balaban J connectivity index is 3.53. The van der Waals surface area contributed by atoms with E-state index in [1.54, 1.807) is 6.92 Å². The highest BCUT2D eigenvalue weighted by atomic mass is 28.4. The van der Waals surface area contributed by atoms with Crippen molar-refractivity contribution in [3.63, 3.8) is 0 Å². The Kier molecular flexibility index (Phi) is 12.5. The Morgan fingerprint density at radius 1 is 0.955 bits per heavy atom. The summed E-state index contributed by atoms with van der Waals surface area (Å²) in [5.74, 6) is -0.281. The molecule has 130 valence electrons. The fraction of sp³-hybridized carbons (Fsp3) is 0.824. The van der Waals surface area contributed by atoms with Crippen molar-refractivity contribution in [1.29, 1.82) is 0 Å². The molecule has 0 saturated carbocycles. The van der Waals surface area contributed by atoms with Crippen LogP contribution < -0.4 is 0 Å². The van der Waals surface area contributed by atoms with Gasteiger partial charge in [-0.15, -0.1) is 0 Å². The maximum absolute atomic E-state index is 11.2. The molecule has 0 unspecified atom stereocenters. The summed E-state index contributed by atoms with van der Waals surface area (Å²) in [5, 5.41) is 0. The zero-order chi connectivity index (χ0) is 16.8. The van der Waals surface area contributed by atoms with Crippen LogP contribution in [0.4, 0.5) is 0 Å². The van der Waals surface area contributed by atoms with Gasteiger partial charge in [0.05, 0.1) is 6.61 Å². The normalized spacial score (nSPS) is 11.5. The van der Waals surface area contributed by atoms with Gasteiger partial charge in [-0.2, -0.15) is 0 Å². The minimum absolute atomic E-state index is 0.281. The summed E-state index contributed by atoms with van der Waals surface area (Å²) in [7, 11) is -1.92. The number of carbonyl (C=O) groups is 1. The van der Waals surface area contributed by atoms with Crippen LogP contribution in [0.25, 0.3) is 0 Å². The van der Waals surface area contributed by atoms with Crippen molar-refractivity contribution in [1.82, 2.24) is 0 Å². The summed E-state index contributed by atoms with van der Waals surface area (Å²) in [6.07, 6.45) is 6.84. The van der Waals surface area contributed by atoms with Gasteiger partial charge in [-0.1, -0.05) is 38.7 Å². The predicted molar refractivity (Wildman–Crippen MR) is 93.2 cm³/mol. The largest absolute Gasteiger partial charge is 0.462 e. The fourth-order valence-corrected chi connectivity index (χ4v) is 4.83. The number of ether oxygens (including phenoxy) is 1. The van der Waals surface area contributed by atoms with Gasteiger partial charge in [0.15, 0.2) is 0 Å². The van der Waals surface area contributed by atoms with E-state index in [2.05, 4.69) is 13.1 Å². The molecule has 0 aromatic rings. The topological polar surface area (TPSA) is 44.8 Å². The van der Waals surface area contributed by atoms with Gasteiger partial charge in [-0.25, -0.2) is 4.79 Å². The maximum atomic E-state index is 11.2. The number of unbranched alkanes of at least 4 members (excludes halogenated alkanes) is 5. The molecule has 0 aliphatic rings. The van der Waals surface area contributed by atoms with Crippen LogP contribution in [0.5, 0.6) is 0 Å². The highest BCUT2D eigenvalue weighted by molar-refractivity contribution is 6.66. The lowest BCUT2D eigenvalue weighted by Gasteiger charge is -2.25. The lowest BCUT2D eigenvalue weighted by molar-refractivity contribution is -0.139. The predicted octanol–water partition coefficient (Wildman–Crippen LogP) is 4.59. The van der Waals surface area contributed by atoms with Crippen LogP contribution in [-0.4, -0.2) is 34.4 Å². The molecule has 0 radical (unpaired) electrons. The Bertz CT molecular complexity index is 312. The average molecular weight is 331 g/mol. The molecule has 22 heavy (non-hydrogen) atoms. The molecule has 0 aromatic carbocycles. The van der Waals surface area contributed by atoms with E-state index in [0.29, 0.717) is 12.2 Å². The highest BCUT2D eigenvalue weighted by Gasteiger charge is 2.29. The lowest BCUT2D eigenvalue weighted by Crippen LogP contribution is -2.38. The lowest BCUT2D eigenvalue weighted by atomic mass is 10.1. The highest BCUT2D eigenvalue weighted by Crippen LogP contribution is 2.18. The quantitative estimate of drug-likeness (QED) is 0.202. The van der Waals surface area contributed by atoms with Crippen molar-refractivity contribution in [2.75, 3.05) is 19.8 Å². The Morgan fingerprint density at radius 2 is 1.45 bits per heavy atom. The van der Waals surface area contributed by atoms with E-state index in [-0.39, 0.29) is 5.97 Å². The molecule has 4 nitrogen and oxygen atoms in total. The van der Waals surface area contributed by atoms with Gasteiger partial charge in [-0.3, -0.25) is 0 Å². The fourth-order valence-electron chi connectivity index (χ4n) is 2.34. The molecule has 0 atom stereocenters. The Morgan fingerprint density at radius 3 is 1.95 bits per heavy atom. The van der Waals surface area contributed by atoms with Crippen LogP contribution in [0.15, 0.2) is 12.2 Å². The summed E-state index contributed by atoms with van der Waals surface area (Å²) >= 11 is 0. The average Bonchev–Trinajstić information content (AvgIpc) is 2.45. The number of hydrogen-bond acceptors (Lipinski definition) is 4. The summed E-state index contributed by atoms with van der Waals surface area (Å²) in [6.45, 7) is 13.4. The van der Waals surface area contributed by atoms with Crippen molar-refractivity contribution in [3.05, 3.63) is 12.2 Å². The van der Waals surface area contributed by atoms with Crippen LogP contribution in [0, 0.1) is 0 Å². The van der Waals surface area contributed by atoms with Crippen LogP contribution in [-0.2, 0) is 18.4 Å². The Labute approximate surface area is 137 Å². The monoisotopic (exact) mass is 330 g/mol. The van der Waals surface area contributed by atoms with Gasteiger partial charge >= 0.3 is 14.5 Å². The van der Waals surface area contributed by atoms with Gasteiger partial charge in [0.2, 0.25) is 0 Å². The maximum Gasteiger partial charge on any atom is 0.334 e. The third kappa shape index (κ3) is 11.0. The van der Waals surface area contributed by atoms with Crippen molar-refractivity contribution >= 4 is 14.5 Å². The van der Waals surface area contributed by atoms with E-state index in [0.717, 1.165) is 32.1 Å². The second-order valence-corrected chi connectivity index (χ2v) is 9.13. The first-order valence-electron chi connectivity index (χ1n) is 8.55. The standard InChI is InChI=1S/C17H34O4Si/c1-6-20-22(5,21-7-2)15-13-11-9-8-10-12-14-19-17(18)16(3)4/h3,6-15H2,1-2,4-5H3. The minimum atomic E-state index is -1.92. The zero-order valence-corrected chi connectivity index (χ0v) is 15.9. The minimum Gasteiger partial charge on any atom is -0.462 e. The van der Waals surface area contributed by atoms with E-state index in [4.69, 9.17) is 13.6 Å². The van der Waals surface area contributed by atoms with E-state index in [1.165, 1.54) is 25.7 Å². The molecule has 0 saturated heterocycles. The second-order valence-electron chi connectivity index (χ2n) is 5.79. The van der Waals surface area contributed by atoms with Crippen LogP contribution in [0.3, 0.4) is 0 Å². The zero-order valence-electron chi connectivity index (χ0n) is 14.9. The van der Waals surface area contributed by atoms with E-state index >= 15 is 0 Å². The first-order valence-corrected chi connectivity index (χ1v) is 11.1. The molecule has 0 rings (SSSR count). The molecule has 0 aliphatic carbocycles. The van der Waals surface area contributed by atoms with Crippen LogP contribution in [0.1, 0.15) is 59.3 Å². The SMILES string of the molecule is C=C(C)C(=O)OCCCCCCCC[Si](C)(OCC)OCC. The molecule has 0 spiro atoms. The van der Waals surface area contributed by atoms with Gasteiger partial charge in [0.1, 0.15) is 0 Å². The second kappa shape index (κ2) is 12.8. The van der Waals surface area contributed by atoms with E-state index < -0.39 is 8.56 Å². The van der Waals surface area contributed by atoms with Gasteiger partial charge in [0.25, 0.3) is 0 Å².